The van der Waals surface area contributed by atoms with E-state index >= 15 is 0 Å². The molecule has 118 valence electrons. The number of halogens is 1. The van der Waals surface area contributed by atoms with Crippen LogP contribution in [0.25, 0.3) is 34.1 Å². The minimum Gasteiger partial charge on any atom is -0.497 e. The quantitative estimate of drug-likeness (QED) is 0.511. The zero-order valence-electron chi connectivity index (χ0n) is 12.7. The van der Waals surface area contributed by atoms with Gasteiger partial charge < -0.3 is 9.15 Å². The van der Waals surface area contributed by atoms with Crippen molar-refractivity contribution in [3.05, 3.63) is 59.8 Å². The molecule has 0 bridgehead atoms. The Bertz CT molecular complexity index is 998. The molecule has 0 unspecified atom stereocenters. The average Bonchev–Trinajstić information content (AvgIpc) is 3.07. The minimum atomic E-state index is 0.237. The smallest absolute Gasteiger partial charge is 0.229 e. The van der Waals surface area contributed by atoms with Crippen LogP contribution in [-0.4, -0.2) is 22.1 Å². The summed E-state index contributed by atoms with van der Waals surface area (Å²) in [6, 6.07) is 17.0. The molecule has 4 aromatic rings. The van der Waals surface area contributed by atoms with Gasteiger partial charge in [-0.15, -0.1) is 0 Å². The van der Waals surface area contributed by atoms with Gasteiger partial charge in [-0.2, -0.15) is 4.98 Å². The second-order valence-corrected chi connectivity index (χ2v) is 5.46. The van der Waals surface area contributed by atoms with Crippen LogP contribution >= 0.6 is 11.6 Å². The Labute approximate surface area is 142 Å². The lowest BCUT2D eigenvalue weighted by Gasteiger charge is -2.02. The molecule has 0 aliphatic rings. The summed E-state index contributed by atoms with van der Waals surface area (Å²) in [6.45, 7) is 0. The van der Waals surface area contributed by atoms with Gasteiger partial charge in [-0.25, -0.2) is 9.97 Å². The topological polar surface area (TPSA) is 61.0 Å². The maximum atomic E-state index is 6.26. The number of aromatic nitrogens is 3. The van der Waals surface area contributed by atoms with E-state index in [9.17, 15) is 0 Å². The van der Waals surface area contributed by atoms with Crippen LogP contribution in [0.4, 0.5) is 0 Å². The Morgan fingerprint density at radius 3 is 2.33 bits per heavy atom. The number of ether oxygens (including phenoxy) is 1. The minimum absolute atomic E-state index is 0.237. The molecular formula is C18H12ClN3O2. The molecule has 0 fully saturated rings. The van der Waals surface area contributed by atoms with Crippen LogP contribution in [0, 0.1) is 0 Å². The van der Waals surface area contributed by atoms with E-state index in [1.165, 1.54) is 0 Å². The third-order valence-corrected chi connectivity index (χ3v) is 3.84. The first kappa shape index (κ1) is 14.7. The Morgan fingerprint density at radius 2 is 1.62 bits per heavy atom. The lowest BCUT2D eigenvalue weighted by molar-refractivity contribution is 0.415. The highest BCUT2D eigenvalue weighted by atomic mass is 35.5. The first-order valence-corrected chi connectivity index (χ1v) is 7.66. The van der Waals surface area contributed by atoms with Crippen molar-refractivity contribution in [3.63, 3.8) is 0 Å². The first-order valence-electron chi connectivity index (χ1n) is 7.28. The molecular weight excluding hydrogens is 326 g/mol. The van der Waals surface area contributed by atoms with Crippen LogP contribution in [0.2, 0.25) is 5.15 Å². The van der Waals surface area contributed by atoms with Gasteiger partial charge in [0.15, 0.2) is 11.0 Å². The Morgan fingerprint density at radius 1 is 0.875 bits per heavy atom. The highest BCUT2D eigenvalue weighted by Crippen LogP contribution is 2.29. The number of methoxy groups -OCH3 is 1. The molecule has 0 amide bonds. The number of rotatable bonds is 3. The molecule has 2 aromatic carbocycles. The van der Waals surface area contributed by atoms with Gasteiger partial charge in [0.2, 0.25) is 17.1 Å². The van der Waals surface area contributed by atoms with Gasteiger partial charge in [-0.1, -0.05) is 29.8 Å². The van der Waals surface area contributed by atoms with Crippen LogP contribution in [0.5, 0.6) is 5.75 Å². The number of hydrogen-bond donors (Lipinski definition) is 0. The van der Waals surface area contributed by atoms with Crippen LogP contribution in [-0.2, 0) is 0 Å². The van der Waals surface area contributed by atoms with E-state index in [0.29, 0.717) is 22.9 Å². The summed E-state index contributed by atoms with van der Waals surface area (Å²) in [5.41, 5.74) is 2.49. The van der Waals surface area contributed by atoms with E-state index in [1.807, 2.05) is 54.6 Å². The summed E-state index contributed by atoms with van der Waals surface area (Å²) < 4.78 is 10.9. The second-order valence-electron chi connectivity index (χ2n) is 5.10. The van der Waals surface area contributed by atoms with E-state index < -0.39 is 0 Å². The Kier molecular flexibility index (Phi) is 3.63. The fourth-order valence-corrected chi connectivity index (χ4v) is 2.57. The van der Waals surface area contributed by atoms with Crippen molar-refractivity contribution in [1.82, 2.24) is 15.0 Å². The molecule has 4 rings (SSSR count). The highest BCUT2D eigenvalue weighted by Gasteiger charge is 2.15. The summed E-state index contributed by atoms with van der Waals surface area (Å²) in [6.07, 6.45) is 0. The van der Waals surface area contributed by atoms with Gasteiger partial charge in [-0.3, -0.25) is 0 Å². The predicted octanol–water partition coefficient (Wildman–Crippen LogP) is 4.61. The van der Waals surface area contributed by atoms with Gasteiger partial charge in [0.1, 0.15) is 5.75 Å². The molecule has 0 N–H and O–H groups in total. The zero-order chi connectivity index (χ0) is 16.5. The molecule has 0 aliphatic carbocycles. The van der Waals surface area contributed by atoms with E-state index in [0.717, 1.165) is 16.9 Å². The van der Waals surface area contributed by atoms with Crippen molar-refractivity contribution in [1.29, 1.82) is 0 Å². The number of fused-ring (bicyclic) bond motifs is 1. The Hall–Kier alpha value is -2.92. The zero-order valence-corrected chi connectivity index (χ0v) is 13.5. The van der Waals surface area contributed by atoms with Crippen molar-refractivity contribution >= 4 is 22.8 Å². The van der Waals surface area contributed by atoms with Crippen molar-refractivity contribution in [2.24, 2.45) is 0 Å². The summed E-state index contributed by atoms with van der Waals surface area (Å²) in [7, 11) is 1.62. The van der Waals surface area contributed by atoms with E-state index in [4.69, 9.17) is 20.8 Å². The fourth-order valence-electron chi connectivity index (χ4n) is 2.36. The molecule has 0 atom stereocenters. The molecule has 0 radical (unpaired) electrons. The van der Waals surface area contributed by atoms with Crippen molar-refractivity contribution in [2.75, 3.05) is 7.11 Å². The summed E-state index contributed by atoms with van der Waals surface area (Å²) in [5, 5.41) is 0.237. The van der Waals surface area contributed by atoms with Crippen LogP contribution in [0.15, 0.2) is 59.0 Å². The van der Waals surface area contributed by atoms with Crippen molar-refractivity contribution in [2.45, 2.75) is 0 Å². The lowest BCUT2D eigenvalue weighted by Crippen LogP contribution is -1.91. The summed E-state index contributed by atoms with van der Waals surface area (Å²) >= 11 is 6.26. The third-order valence-electron chi connectivity index (χ3n) is 3.58. The van der Waals surface area contributed by atoms with E-state index in [-0.39, 0.29) is 5.15 Å². The lowest BCUT2D eigenvalue weighted by atomic mass is 10.2. The van der Waals surface area contributed by atoms with Crippen LogP contribution in [0.1, 0.15) is 0 Å². The molecule has 24 heavy (non-hydrogen) atoms. The number of nitrogens with zero attached hydrogens (tertiary/aromatic N) is 3. The van der Waals surface area contributed by atoms with Crippen LogP contribution in [0.3, 0.4) is 0 Å². The molecule has 2 heterocycles. The van der Waals surface area contributed by atoms with Crippen molar-refractivity contribution < 1.29 is 9.15 Å². The van der Waals surface area contributed by atoms with Crippen molar-refractivity contribution in [3.8, 4) is 28.6 Å². The van der Waals surface area contributed by atoms with E-state index in [2.05, 4.69) is 15.0 Å². The average molecular weight is 338 g/mol. The molecule has 6 heteroatoms. The second kappa shape index (κ2) is 5.94. The predicted molar refractivity (Wildman–Crippen MR) is 92.0 cm³/mol. The molecule has 0 saturated heterocycles. The maximum absolute atomic E-state index is 6.26. The van der Waals surface area contributed by atoms with Gasteiger partial charge in [0.25, 0.3) is 0 Å². The molecule has 2 aromatic heterocycles. The monoisotopic (exact) mass is 337 g/mol. The largest absolute Gasteiger partial charge is 0.497 e. The normalized spacial score (nSPS) is 10.9. The number of hydrogen-bond acceptors (Lipinski definition) is 5. The van der Waals surface area contributed by atoms with Gasteiger partial charge >= 0.3 is 0 Å². The van der Waals surface area contributed by atoms with Gasteiger partial charge in [0, 0.05) is 11.1 Å². The van der Waals surface area contributed by atoms with Gasteiger partial charge in [0.05, 0.1) is 7.11 Å². The SMILES string of the molecule is COc1ccc(-c2nc(Cl)c3oc(-c4ccccc4)nc3n2)cc1. The summed E-state index contributed by atoms with van der Waals surface area (Å²) in [4.78, 5) is 13.2. The Balaban J connectivity index is 1.81. The van der Waals surface area contributed by atoms with Gasteiger partial charge in [-0.05, 0) is 36.4 Å². The highest BCUT2D eigenvalue weighted by molar-refractivity contribution is 6.33. The molecule has 0 saturated carbocycles. The molecule has 0 aliphatic heterocycles. The standard InChI is InChI=1S/C18H12ClN3O2/c1-23-13-9-7-11(8-10-13)16-20-15(19)14-17(21-16)22-18(24-14)12-5-3-2-4-6-12/h2-10H,1H3. The van der Waals surface area contributed by atoms with Crippen LogP contribution < -0.4 is 4.74 Å². The number of benzene rings is 2. The third kappa shape index (κ3) is 2.59. The fraction of sp³-hybridized carbons (Fsp3) is 0.0556. The molecule has 5 nitrogen and oxygen atoms in total. The first-order chi connectivity index (χ1) is 11.7. The van der Waals surface area contributed by atoms with E-state index in [1.54, 1.807) is 7.11 Å². The summed E-state index contributed by atoms with van der Waals surface area (Å²) in [5.74, 6) is 1.72. The number of oxazole rings is 1. The maximum Gasteiger partial charge on any atom is 0.229 e. The molecule has 0 spiro atoms.